The lowest BCUT2D eigenvalue weighted by Gasteiger charge is -2.33. The number of carbonyl (C=O) groups excluding carboxylic acids is 1. The molecule has 8 heteroatoms. The number of hydrogen-bond acceptors (Lipinski definition) is 4. The molecule has 0 spiro atoms. The number of carbonyl (C=O) groups is 1. The van der Waals surface area contributed by atoms with Gasteiger partial charge in [-0.1, -0.05) is 18.2 Å². The van der Waals surface area contributed by atoms with Crippen molar-refractivity contribution in [1.82, 2.24) is 4.90 Å². The van der Waals surface area contributed by atoms with Crippen LogP contribution in [0.15, 0.2) is 34.9 Å². The second-order valence-electron chi connectivity index (χ2n) is 5.78. The first-order valence-corrected chi connectivity index (χ1v) is 8.42. The number of likely N-dealkylation sites (tertiary alicyclic amines) is 1. The highest BCUT2D eigenvalue weighted by Crippen LogP contribution is 2.38. The van der Waals surface area contributed by atoms with Crippen molar-refractivity contribution in [2.45, 2.75) is 31.9 Å². The molecule has 132 valence electrons. The number of benzene rings is 1. The number of allylic oxidation sites excluding steroid dienone is 1. The van der Waals surface area contributed by atoms with Crippen molar-refractivity contribution < 1.29 is 18.0 Å². The molecule has 4 N–H and O–H groups in total. The summed E-state index contributed by atoms with van der Waals surface area (Å²) in [5, 5.41) is 5.47. The van der Waals surface area contributed by atoms with Gasteiger partial charge in [0.15, 0.2) is 0 Å². The maximum absolute atomic E-state index is 13.1. The number of nitrogens with two attached hydrogens (primary N) is 2. The maximum atomic E-state index is 13.1. The normalized spacial score (nSPS) is 17.6. The standard InChI is InChI=1S/C16H20F3N3OS/c1-10(20)14(24-21)15(23)22-8-6-11(7-9-22)12-4-2-3-5-13(12)16(17,18)19/h2-5,11H,6-9,20-21H2,1H3/b14-10-. The number of amides is 1. The van der Waals surface area contributed by atoms with Crippen molar-refractivity contribution in [2.24, 2.45) is 10.9 Å². The van der Waals surface area contributed by atoms with Gasteiger partial charge in [0.25, 0.3) is 5.91 Å². The first-order chi connectivity index (χ1) is 11.3. The molecule has 1 saturated heterocycles. The third-order valence-electron chi connectivity index (χ3n) is 4.16. The fraction of sp³-hybridized carbons (Fsp3) is 0.438. The lowest BCUT2D eigenvalue weighted by Crippen LogP contribution is -2.39. The second-order valence-corrected chi connectivity index (χ2v) is 6.43. The molecule has 1 aromatic rings. The quantitative estimate of drug-likeness (QED) is 0.642. The predicted molar refractivity (Wildman–Crippen MR) is 88.7 cm³/mol. The number of nitrogens with zero attached hydrogens (tertiary/aromatic N) is 1. The Kier molecular flexibility index (Phi) is 5.82. The first kappa shape index (κ1) is 18.7. The lowest BCUT2D eigenvalue weighted by atomic mass is 9.86. The largest absolute Gasteiger partial charge is 0.416 e. The third kappa shape index (κ3) is 4.05. The highest BCUT2D eigenvalue weighted by molar-refractivity contribution is 8.01. The van der Waals surface area contributed by atoms with Gasteiger partial charge in [-0.15, -0.1) is 0 Å². The summed E-state index contributed by atoms with van der Waals surface area (Å²) in [6.07, 6.45) is -3.41. The molecule has 4 nitrogen and oxygen atoms in total. The monoisotopic (exact) mass is 359 g/mol. The fourth-order valence-electron chi connectivity index (χ4n) is 2.96. The molecule has 0 bridgehead atoms. The summed E-state index contributed by atoms with van der Waals surface area (Å²) >= 11 is 0.797. The van der Waals surface area contributed by atoms with E-state index in [4.69, 9.17) is 10.9 Å². The number of hydrogen-bond donors (Lipinski definition) is 2. The minimum atomic E-state index is -4.37. The Morgan fingerprint density at radius 3 is 2.33 bits per heavy atom. The average molecular weight is 359 g/mol. The van der Waals surface area contributed by atoms with Crippen LogP contribution in [0.4, 0.5) is 13.2 Å². The summed E-state index contributed by atoms with van der Waals surface area (Å²) in [6.45, 7) is 2.36. The molecule has 0 aliphatic carbocycles. The van der Waals surface area contributed by atoms with E-state index < -0.39 is 11.7 Å². The van der Waals surface area contributed by atoms with Gasteiger partial charge in [0.05, 0.1) is 5.56 Å². The van der Waals surface area contributed by atoms with Crippen LogP contribution < -0.4 is 10.9 Å². The summed E-state index contributed by atoms with van der Waals surface area (Å²) in [5.41, 5.74) is 5.70. The molecule has 0 saturated carbocycles. The van der Waals surface area contributed by atoms with E-state index >= 15 is 0 Å². The molecular weight excluding hydrogens is 339 g/mol. The van der Waals surface area contributed by atoms with E-state index in [0.717, 1.165) is 18.0 Å². The van der Waals surface area contributed by atoms with Gasteiger partial charge in [-0.2, -0.15) is 13.2 Å². The topological polar surface area (TPSA) is 72.3 Å². The van der Waals surface area contributed by atoms with E-state index in [-0.39, 0.29) is 16.7 Å². The minimum absolute atomic E-state index is 0.219. The van der Waals surface area contributed by atoms with Gasteiger partial charge in [0.2, 0.25) is 0 Å². The van der Waals surface area contributed by atoms with Crippen molar-refractivity contribution in [1.29, 1.82) is 0 Å². The van der Waals surface area contributed by atoms with Gasteiger partial charge in [-0.3, -0.25) is 9.93 Å². The molecule has 1 aliphatic rings. The van der Waals surface area contributed by atoms with Gasteiger partial charge in [0, 0.05) is 18.8 Å². The molecule has 2 rings (SSSR count). The Hall–Kier alpha value is -1.67. The van der Waals surface area contributed by atoms with Crippen LogP contribution in [0.5, 0.6) is 0 Å². The smallest absolute Gasteiger partial charge is 0.401 e. The van der Waals surface area contributed by atoms with Gasteiger partial charge in [0.1, 0.15) is 4.91 Å². The van der Waals surface area contributed by atoms with Crippen LogP contribution in [0, 0.1) is 0 Å². The van der Waals surface area contributed by atoms with Crippen LogP contribution in [0.25, 0.3) is 0 Å². The van der Waals surface area contributed by atoms with Crippen molar-refractivity contribution in [2.75, 3.05) is 13.1 Å². The zero-order chi connectivity index (χ0) is 17.9. The molecule has 1 amide bonds. The number of alkyl halides is 3. The Labute approximate surface area is 143 Å². The molecule has 0 aromatic heterocycles. The Morgan fingerprint density at radius 2 is 1.83 bits per heavy atom. The zero-order valence-electron chi connectivity index (χ0n) is 13.3. The molecule has 0 atom stereocenters. The number of rotatable bonds is 3. The Bertz CT molecular complexity index is 634. The van der Waals surface area contributed by atoms with Crippen LogP contribution in [0.2, 0.25) is 0 Å². The molecule has 0 unspecified atom stereocenters. The van der Waals surface area contributed by atoms with Crippen LogP contribution in [-0.2, 0) is 11.0 Å². The molecule has 0 radical (unpaired) electrons. The van der Waals surface area contributed by atoms with E-state index in [2.05, 4.69) is 0 Å². The molecule has 1 fully saturated rings. The van der Waals surface area contributed by atoms with E-state index in [1.807, 2.05) is 0 Å². The SMILES string of the molecule is C/C(N)=C(/SN)C(=O)N1CCC(c2ccccc2C(F)(F)F)CC1. The van der Waals surface area contributed by atoms with Crippen molar-refractivity contribution >= 4 is 17.9 Å². The lowest BCUT2D eigenvalue weighted by molar-refractivity contribution is -0.138. The van der Waals surface area contributed by atoms with Crippen molar-refractivity contribution in [3.8, 4) is 0 Å². The van der Waals surface area contributed by atoms with Crippen LogP contribution in [0.1, 0.15) is 36.8 Å². The van der Waals surface area contributed by atoms with Gasteiger partial charge >= 0.3 is 6.18 Å². The molecule has 1 aromatic carbocycles. The molecule has 1 aliphatic heterocycles. The second kappa shape index (κ2) is 7.48. The fourth-order valence-corrected chi connectivity index (χ4v) is 3.38. The summed E-state index contributed by atoms with van der Waals surface area (Å²) in [5.74, 6) is -0.478. The third-order valence-corrected chi connectivity index (χ3v) is 4.89. The van der Waals surface area contributed by atoms with E-state index in [1.54, 1.807) is 17.9 Å². The van der Waals surface area contributed by atoms with Crippen LogP contribution in [-0.4, -0.2) is 23.9 Å². The minimum Gasteiger partial charge on any atom is -0.401 e. The summed E-state index contributed by atoms with van der Waals surface area (Å²) < 4.78 is 39.4. The molecule has 24 heavy (non-hydrogen) atoms. The van der Waals surface area contributed by atoms with Crippen LogP contribution >= 0.6 is 11.9 Å². The van der Waals surface area contributed by atoms with E-state index in [9.17, 15) is 18.0 Å². The molecular formula is C16H20F3N3OS. The predicted octanol–water partition coefficient (Wildman–Crippen LogP) is 3.21. The highest BCUT2D eigenvalue weighted by atomic mass is 32.2. The number of piperidine rings is 1. The Balaban J connectivity index is 2.12. The van der Waals surface area contributed by atoms with Gasteiger partial charge in [-0.05, 0) is 49.3 Å². The van der Waals surface area contributed by atoms with Crippen molar-refractivity contribution in [3.05, 3.63) is 46.0 Å². The zero-order valence-corrected chi connectivity index (χ0v) is 14.1. The van der Waals surface area contributed by atoms with Crippen molar-refractivity contribution in [3.63, 3.8) is 0 Å². The summed E-state index contributed by atoms with van der Waals surface area (Å²) in [4.78, 5) is 14.2. The summed E-state index contributed by atoms with van der Waals surface area (Å²) in [7, 11) is 0. The van der Waals surface area contributed by atoms with E-state index in [0.29, 0.717) is 37.2 Å². The average Bonchev–Trinajstić information content (AvgIpc) is 2.54. The summed E-state index contributed by atoms with van der Waals surface area (Å²) in [6, 6.07) is 5.64. The molecule has 1 heterocycles. The van der Waals surface area contributed by atoms with E-state index in [1.165, 1.54) is 12.1 Å². The van der Waals surface area contributed by atoms with Crippen LogP contribution in [0.3, 0.4) is 0 Å². The van der Waals surface area contributed by atoms with Gasteiger partial charge < -0.3 is 10.6 Å². The maximum Gasteiger partial charge on any atom is 0.416 e. The van der Waals surface area contributed by atoms with Gasteiger partial charge in [-0.25, -0.2) is 0 Å². The Morgan fingerprint density at radius 1 is 1.25 bits per heavy atom. The number of halogens is 3. The highest BCUT2D eigenvalue weighted by Gasteiger charge is 2.36. The first-order valence-electron chi connectivity index (χ1n) is 7.54.